The van der Waals surface area contributed by atoms with E-state index in [2.05, 4.69) is 20.1 Å². The molecule has 0 unspecified atom stereocenters. The molecular weight excluding hydrogens is 406 g/mol. The summed E-state index contributed by atoms with van der Waals surface area (Å²) < 4.78 is 40.7. The van der Waals surface area contributed by atoms with E-state index < -0.39 is 10.0 Å². The first kappa shape index (κ1) is 19.0. The number of hydrogen-bond donors (Lipinski definition) is 2. The van der Waals surface area contributed by atoms with Crippen LogP contribution in [0.5, 0.6) is 0 Å². The highest BCUT2D eigenvalue weighted by Gasteiger charge is 2.22. The third kappa shape index (κ3) is 3.76. The second-order valence-corrected chi connectivity index (χ2v) is 8.97. The van der Waals surface area contributed by atoms with Gasteiger partial charge in [0.15, 0.2) is 5.65 Å². The van der Waals surface area contributed by atoms with Crippen LogP contribution in [0.25, 0.3) is 16.6 Å². The molecule has 0 aliphatic carbocycles. The van der Waals surface area contributed by atoms with E-state index in [1.54, 1.807) is 18.5 Å². The summed E-state index contributed by atoms with van der Waals surface area (Å²) in [5, 5.41) is 8.42. The Bertz CT molecular complexity index is 1290. The number of nitrogens with one attached hydrogen (secondary N) is 2. The highest BCUT2D eigenvalue weighted by Crippen LogP contribution is 2.20. The molecule has 0 bridgehead atoms. The van der Waals surface area contributed by atoms with Crippen LogP contribution >= 0.6 is 0 Å². The van der Waals surface area contributed by atoms with Crippen molar-refractivity contribution in [2.45, 2.75) is 30.3 Å². The smallest absolute Gasteiger partial charge is 0.246 e. The summed E-state index contributed by atoms with van der Waals surface area (Å²) >= 11 is 0. The van der Waals surface area contributed by atoms with E-state index in [0.29, 0.717) is 19.0 Å². The lowest BCUT2D eigenvalue weighted by Crippen LogP contribution is -2.28. The largest absolute Gasteiger partial charge is 0.464 e. The first-order chi connectivity index (χ1) is 14.6. The van der Waals surface area contributed by atoms with Crippen LogP contribution in [0.1, 0.15) is 18.4 Å². The fourth-order valence-corrected chi connectivity index (χ4v) is 4.63. The van der Waals surface area contributed by atoms with Gasteiger partial charge in [-0.1, -0.05) is 6.07 Å². The van der Waals surface area contributed by atoms with Gasteiger partial charge < -0.3 is 14.5 Å². The zero-order valence-corrected chi connectivity index (χ0v) is 16.9. The lowest BCUT2D eigenvalue weighted by molar-refractivity contribution is 0.0904. The third-order valence-corrected chi connectivity index (χ3v) is 6.57. The summed E-state index contributed by atoms with van der Waals surface area (Å²) in [6.45, 7) is 1.57. The van der Waals surface area contributed by atoms with Gasteiger partial charge in [-0.2, -0.15) is 5.10 Å². The Hall–Kier alpha value is -2.95. The van der Waals surface area contributed by atoms with Crippen LogP contribution in [0.3, 0.4) is 0 Å². The molecule has 0 amide bonds. The average Bonchev–Trinajstić information content (AvgIpc) is 3.39. The zero-order chi connectivity index (χ0) is 20.6. The Kier molecular flexibility index (Phi) is 4.89. The van der Waals surface area contributed by atoms with Gasteiger partial charge in [-0.25, -0.2) is 22.6 Å². The van der Waals surface area contributed by atoms with E-state index in [-0.39, 0.29) is 23.1 Å². The maximum atomic E-state index is 12.9. The summed E-state index contributed by atoms with van der Waals surface area (Å²) in [5.41, 5.74) is 1.88. The minimum Gasteiger partial charge on any atom is -0.464 e. The Morgan fingerprint density at radius 3 is 2.90 bits per heavy atom. The number of fused-ring (bicyclic) bond motifs is 2. The molecule has 4 aromatic rings. The molecule has 2 N–H and O–H groups in total. The van der Waals surface area contributed by atoms with E-state index in [1.165, 1.54) is 10.7 Å². The molecule has 1 aromatic carbocycles. The number of anilines is 1. The van der Waals surface area contributed by atoms with Gasteiger partial charge in [0, 0.05) is 37.4 Å². The molecule has 10 heteroatoms. The van der Waals surface area contributed by atoms with E-state index in [0.717, 1.165) is 29.4 Å². The normalized spacial score (nSPS) is 15.7. The fourth-order valence-electron chi connectivity index (χ4n) is 3.55. The molecule has 4 heterocycles. The van der Waals surface area contributed by atoms with Crippen molar-refractivity contribution >= 4 is 32.5 Å². The van der Waals surface area contributed by atoms with Crippen molar-refractivity contribution in [1.29, 1.82) is 0 Å². The standard InChI is InChI=1S/C20H21N5O4S/c26-30(27,22-12-14-1-2-17-15(11-14)4-10-29-17)18-13-21-25-7-3-19(24-20(18)25)23-16-5-8-28-9-6-16/h1-4,7,10-11,13,16,22H,5-6,8-9,12H2,(H,23,24). The molecule has 0 radical (unpaired) electrons. The first-order valence-corrected chi connectivity index (χ1v) is 11.2. The molecule has 0 saturated carbocycles. The molecule has 3 aromatic heterocycles. The predicted molar refractivity (Wildman–Crippen MR) is 111 cm³/mol. The van der Waals surface area contributed by atoms with Crippen molar-refractivity contribution in [2.24, 2.45) is 0 Å². The molecule has 5 rings (SSSR count). The van der Waals surface area contributed by atoms with Gasteiger partial charge in [0.25, 0.3) is 0 Å². The molecule has 30 heavy (non-hydrogen) atoms. The van der Waals surface area contributed by atoms with Crippen LogP contribution in [0, 0.1) is 0 Å². The van der Waals surface area contributed by atoms with Crippen LogP contribution in [0.4, 0.5) is 5.82 Å². The van der Waals surface area contributed by atoms with Crippen molar-refractivity contribution in [3.63, 3.8) is 0 Å². The number of furan rings is 1. The van der Waals surface area contributed by atoms with Crippen molar-refractivity contribution < 1.29 is 17.6 Å². The Morgan fingerprint density at radius 1 is 1.17 bits per heavy atom. The van der Waals surface area contributed by atoms with Crippen LogP contribution in [-0.4, -0.2) is 42.3 Å². The number of rotatable bonds is 6. The lowest BCUT2D eigenvalue weighted by atomic mass is 10.1. The van der Waals surface area contributed by atoms with E-state index in [4.69, 9.17) is 9.15 Å². The van der Waals surface area contributed by atoms with Gasteiger partial charge in [0.05, 0.1) is 12.5 Å². The quantitative estimate of drug-likeness (QED) is 0.486. The van der Waals surface area contributed by atoms with Gasteiger partial charge in [0.2, 0.25) is 10.0 Å². The van der Waals surface area contributed by atoms with Gasteiger partial charge in [-0.3, -0.25) is 0 Å². The van der Waals surface area contributed by atoms with Crippen molar-refractivity contribution in [2.75, 3.05) is 18.5 Å². The Balaban J connectivity index is 1.37. The average molecular weight is 427 g/mol. The van der Waals surface area contributed by atoms with Gasteiger partial charge >= 0.3 is 0 Å². The van der Waals surface area contributed by atoms with E-state index in [9.17, 15) is 8.42 Å². The zero-order valence-electron chi connectivity index (χ0n) is 16.1. The lowest BCUT2D eigenvalue weighted by Gasteiger charge is -2.23. The van der Waals surface area contributed by atoms with Crippen LogP contribution in [-0.2, 0) is 21.3 Å². The number of ether oxygens (including phenoxy) is 1. The molecule has 0 atom stereocenters. The van der Waals surface area contributed by atoms with Crippen LogP contribution in [0.15, 0.2) is 58.3 Å². The number of aromatic nitrogens is 3. The Labute approximate surface area is 173 Å². The molecule has 0 spiro atoms. The van der Waals surface area contributed by atoms with Crippen molar-refractivity contribution in [1.82, 2.24) is 19.3 Å². The maximum Gasteiger partial charge on any atom is 0.246 e. The second kappa shape index (κ2) is 7.71. The van der Waals surface area contributed by atoms with E-state index >= 15 is 0 Å². The van der Waals surface area contributed by atoms with Crippen LogP contribution in [0.2, 0.25) is 0 Å². The number of hydrogen-bond acceptors (Lipinski definition) is 7. The highest BCUT2D eigenvalue weighted by molar-refractivity contribution is 7.89. The van der Waals surface area contributed by atoms with Gasteiger partial charge in [-0.05, 0) is 42.7 Å². The van der Waals surface area contributed by atoms with Gasteiger partial charge in [-0.15, -0.1) is 0 Å². The minimum atomic E-state index is -3.80. The third-order valence-electron chi connectivity index (χ3n) is 5.18. The summed E-state index contributed by atoms with van der Waals surface area (Å²) in [7, 11) is -3.80. The maximum absolute atomic E-state index is 12.9. The highest BCUT2D eigenvalue weighted by atomic mass is 32.2. The summed E-state index contributed by atoms with van der Waals surface area (Å²) in [5.74, 6) is 0.622. The second-order valence-electron chi connectivity index (χ2n) is 7.24. The predicted octanol–water partition coefficient (Wildman–Crippen LogP) is 2.54. The van der Waals surface area contributed by atoms with Crippen LogP contribution < -0.4 is 10.0 Å². The number of sulfonamides is 1. The molecule has 1 fully saturated rings. The van der Waals surface area contributed by atoms with Crippen molar-refractivity contribution in [3.05, 3.63) is 54.6 Å². The SMILES string of the molecule is O=S(=O)(NCc1ccc2occc2c1)c1cnn2ccc(NC3CCOCC3)nc12. The molecule has 1 saturated heterocycles. The number of benzene rings is 1. The molecule has 1 aliphatic rings. The van der Waals surface area contributed by atoms with E-state index in [1.807, 2.05) is 24.3 Å². The molecular formula is C20H21N5O4S. The van der Waals surface area contributed by atoms with Crippen molar-refractivity contribution in [3.8, 4) is 0 Å². The monoisotopic (exact) mass is 427 g/mol. The molecule has 9 nitrogen and oxygen atoms in total. The topological polar surface area (TPSA) is 111 Å². The Morgan fingerprint density at radius 2 is 2.03 bits per heavy atom. The summed E-state index contributed by atoms with van der Waals surface area (Å²) in [4.78, 5) is 4.55. The summed E-state index contributed by atoms with van der Waals surface area (Å²) in [6.07, 6.45) is 6.41. The first-order valence-electron chi connectivity index (χ1n) is 9.73. The molecule has 156 valence electrons. The molecule has 1 aliphatic heterocycles. The summed E-state index contributed by atoms with van der Waals surface area (Å²) in [6, 6.07) is 9.44. The van der Waals surface area contributed by atoms with Gasteiger partial charge in [0.1, 0.15) is 16.3 Å². The number of nitrogens with zero attached hydrogens (tertiary/aromatic N) is 3. The minimum absolute atomic E-state index is 0.0440. The fraction of sp³-hybridized carbons (Fsp3) is 0.300.